The van der Waals surface area contributed by atoms with Crippen LogP contribution in [0, 0.1) is 22.7 Å². The molecule has 0 fully saturated rings. The molecule has 0 bridgehead atoms. The van der Waals surface area contributed by atoms with Gasteiger partial charge in [-0.25, -0.2) is 0 Å². The molecule has 2 rings (SSSR count). The van der Waals surface area contributed by atoms with Gasteiger partial charge in [0.1, 0.15) is 23.6 Å². The maximum atomic E-state index is 8.60. The number of rotatable bonds is 4. The minimum absolute atomic E-state index is 0.522. The second-order valence-electron chi connectivity index (χ2n) is 3.79. The molecule has 0 heterocycles. The van der Waals surface area contributed by atoms with Crippen molar-refractivity contribution in [1.82, 2.24) is 0 Å². The van der Waals surface area contributed by atoms with E-state index in [1.807, 2.05) is 30.3 Å². The van der Waals surface area contributed by atoms with Crippen molar-refractivity contribution in [2.75, 3.05) is 0 Å². The van der Waals surface area contributed by atoms with Crippen LogP contribution in [0.1, 0.15) is 0 Å². The smallest absolute Gasteiger partial charge is 0.242 e. The highest BCUT2D eigenvalue weighted by Crippen LogP contribution is 2.25. The van der Waals surface area contributed by atoms with Crippen LogP contribution in [-0.2, 0) is 0 Å². The Balaban J connectivity index is 2.13. The van der Waals surface area contributed by atoms with E-state index in [0.717, 1.165) is 0 Å². The third-order valence-electron chi connectivity index (χ3n) is 2.33. The fourth-order valence-corrected chi connectivity index (χ4v) is 1.44. The molecule has 0 radical (unpaired) electrons. The van der Waals surface area contributed by atoms with E-state index < -0.39 is 6.04 Å². The summed E-state index contributed by atoms with van der Waals surface area (Å²) in [6.07, 6.45) is 0. The molecular formula is C15H10N4O. The molecule has 0 spiro atoms. The van der Waals surface area contributed by atoms with Crippen LogP contribution in [0.15, 0.2) is 64.8 Å². The number of hydrogen-bond donors (Lipinski definition) is 0. The first-order chi connectivity index (χ1) is 9.81. The van der Waals surface area contributed by atoms with Crippen LogP contribution in [-0.4, -0.2) is 6.04 Å². The van der Waals surface area contributed by atoms with Gasteiger partial charge in [-0.3, -0.25) is 0 Å². The standard InChI is InChI=1S/C15H10N4O/c16-10-13(11-17)19-18-12-5-4-8-15(9-12)20-14-6-2-1-3-7-14/h1-9,13H. The zero-order valence-corrected chi connectivity index (χ0v) is 10.5. The van der Waals surface area contributed by atoms with E-state index in [2.05, 4.69) is 10.2 Å². The van der Waals surface area contributed by atoms with Gasteiger partial charge in [0.25, 0.3) is 0 Å². The molecule has 0 atom stereocenters. The molecule has 0 N–H and O–H groups in total. The molecule has 0 unspecified atom stereocenters. The lowest BCUT2D eigenvalue weighted by atomic mass is 10.3. The van der Waals surface area contributed by atoms with Crippen LogP contribution in [0.25, 0.3) is 0 Å². The lowest BCUT2D eigenvalue weighted by Crippen LogP contribution is -1.92. The second kappa shape index (κ2) is 6.67. The molecule has 2 aromatic rings. The number of azo groups is 1. The molecule has 0 saturated heterocycles. The highest BCUT2D eigenvalue weighted by Gasteiger charge is 2.02. The largest absolute Gasteiger partial charge is 0.457 e. The molecular weight excluding hydrogens is 252 g/mol. The summed E-state index contributed by atoms with van der Waals surface area (Å²) in [5.41, 5.74) is 0.522. The van der Waals surface area contributed by atoms with E-state index in [9.17, 15) is 0 Å². The van der Waals surface area contributed by atoms with E-state index in [-0.39, 0.29) is 0 Å². The second-order valence-corrected chi connectivity index (χ2v) is 3.79. The first-order valence-electron chi connectivity index (χ1n) is 5.85. The Morgan fingerprint density at radius 3 is 2.30 bits per heavy atom. The zero-order valence-electron chi connectivity index (χ0n) is 10.5. The van der Waals surface area contributed by atoms with Crippen molar-refractivity contribution < 1.29 is 4.74 Å². The zero-order chi connectivity index (χ0) is 14.2. The van der Waals surface area contributed by atoms with Gasteiger partial charge in [-0.15, -0.1) is 0 Å². The maximum Gasteiger partial charge on any atom is 0.242 e. The van der Waals surface area contributed by atoms with Crippen molar-refractivity contribution in [1.29, 1.82) is 10.5 Å². The van der Waals surface area contributed by atoms with Crippen molar-refractivity contribution >= 4 is 5.69 Å². The number of nitrogens with zero attached hydrogens (tertiary/aromatic N) is 4. The minimum atomic E-state index is -1.09. The fraction of sp³-hybridized carbons (Fsp3) is 0.0667. The third-order valence-corrected chi connectivity index (χ3v) is 2.33. The molecule has 0 amide bonds. The van der Waals surface area contributed by atoms with E-state index in [1.54, 1.807) is 36.4 Å². The Bertz CT molecular complexity index is 669. The molecule has 5 nitrogen and oxygen atoms in total. The van der Waals surface area contributed by atoms with Crippen LogP contribution in [0.5, 0.6) is 11.5 Å². The monoisotopic (exact) mass is 262 g/mol. The highest BCUT2D eigenvalue weighted by molar-refractivity contribution is 5.44. The van der Waals surface area contributed by atoms with Gasteiger partial charge in [-0.05, 0) is 24.3 Å². The van der Waals surface area contributed by atoms with Crippen LogP contribution >= 0.6 is 0 Å². The van der Waals surface area contributed by atoms with Gasteiger partial charge in [0.15, 0.2) is 0 Å². The van der Waals surface area contributed by atoms with E-state index in [4.69, 9.17) is 15.3 Å². The Labute approximate surface area is 116 Å². The molecule has 0 aromatic heterocycles. The summed E-state index contributed by atoms with van der Waals surface area (Å²) in [7, 11) is 0. The Kier molecular flexibility index (Phi) is 4.42. The van der Waals surface area contributed by atoms with Crippen molar-refractivity contribution in [3.63, 3.8) is 0 Å². The average molecular weight is 262 g/mol. The van der Waals surface area contributed by atoms with E-state index in [1.165, 1.54) is 0 Å². The van der Waals surface area contributed by atoms with Gasteiger partial charge in [-0.1, -0.05) is 24.3 Å². The van der Waals surface area contributed by atoms with Crippen LogP contribution < -0.4 is 4.74 Å². The van der Waals surface area contributed by atoms with Gasteiger partial charge >= 0.3 is 0 Å². The predicted octanol–water partition coefficient (Wildman–Crippen LogP) is 3.98. The summed E-state index contributed by atoms with van der Waals surface area (Å²) in [5, 5.41) is 24.7. The SMILES string of the molecule is N#CC(C#N)N=Nc1cccc(Oc2ccccc2)c1. The summed E-state index contributed by atoms with van der Waals surface area (Å²) in [4.78, 5) is 0. The lowest BCUT2D eigenvalue weighted by Gasteiger charge is -2.05. The predicted molar refractivity (Wildman–Crippen MR) is 72.5 cm³/mol. The first-order valence-corrected chi connectivity index (χ1v) is 5.85. The van der Waals surface area contributed by atoms with Gasteiger partial charge in [0, 0.05) is 6.07 Å². The van der Waals surface area contributed by atoms with E-state index in [0.29, 0.717) is 17.2 Å². The maximum absolute atomic E-state index is 8.60. The molecule has 0 aliphatic heterocycles. The fourth-order valence-electron chi connectivity index (χ4n) is 1.44. The quantitative estimate of drug-likeness (QED) is 0.781. The lowest BCUT2D eigenvalue weighted by molar-refractivity contribution is 0.483. The molecule has 0 saturated carbocycles. The molecule has 0 aliphatic rings. The Morgan fingerprint density at radius 1 is 0.900 bits per heavy atom. The molecule has 5 heteroatoms. The molecule has 20 heavy (non-hydrogen) atoms. The number of benzene rings is 2. The van der Waals surface area contributed by atoms with Gasteiger partial charge in [-0.2, -0.15) is 20.8 Å². The third kappa shape index (κ3) is 3.66. The van der Waals surface area contributed by atoms with Gasteiger partial charge in [0.05, 0.1) is 5.69 Å². The van der Waals surface area contributed by atoms with Crippen molar-refractivity contribution in [3.05, 3.63) is 54.6 Å². The average Bonchev–Trinajstić information content (AvgIpc) is 2.50. The number of ether oxygens (including phenoxy) is 1. The van der Waals surface area contributed by atoms with Crippen LogP contribution in [0.4, 0.5) is 5.69 Å². The van der Waals surface area contributed by atoms with Gasteiger partial charge < -0.3 is 4.74 Å². The van der Waals surface area contributed by atoms with Crippen molar-refractivity contribution in [3.8, 4) is 23.6 Å². The minimum Gasteiger partial charge on any atom is -0.457 e. The summed E-state index contributed by atoms with van der Waals surface area (Å²) in [6, 6.07) is 18.7. The summed E-state index contributed by atoms with van der Waals surface area (Å²) in [5.74, 6) is 1.33. The van der Waals surface area contributed by atoms with Crippen LogP contribution in [0.3, 0.4) is 0 Å². The number of para-hydroxylation sites is 1. The van der Waals surface area contributed by atoms with Crippen molar-refractivity contribution in [2.24, 2.45) is 10.2 Å². The van der Waals surface area contributed by atoms with Crippen LogP contribution in [0.2, 0.25) is 0 Å². The van der Waals surface area contributed by atoms with Crippen molar-refractivity contribution in [2.45, 2.75) is 6.04 Å². The van der Waals surface area contributed by atoms with E-state index >= 15 is 0 Å². The number of hydrogen-bond acceptors (Lipinski definition) is 5. The molecule has 0 aliphatic carbocycles. The highest BCUT2D eigenvalue weighted by atomic mass is 16.5. The molecule has 2 aromatic carbocycles. The summed E-state index contributed by atoms with van der Waals surface area (Å²) >= 11 is 0. The Morgan fingerprint density at radius 2 is 1.60 bits per heavy atom. The normalized spacial score (nSPS) is 10.2. The Hall–Kier alpha value is -3.18. The summed E-state index contributed by atoms with van der Waals surface area (Å²) in [6.45, 7) is 0. The number of nitriles is 2. The topological polar surface area (TPSA) is 81.5 Å². The first kappa shape index (κ1) is 13.3. The summed E-state index contributed by atoms with van der Waals surface area (Å²) < 4.78 is 5.65. The van der Waals surface area contributed by atoms with Gasteiger partial charge in [0.2, 0.25) is 6.04 Å². The molecule has 96 valence electrons.